The van der Waals surface area contributed by atoms with Crippen LogP contribution in [0.1, 0.15) is 41.3 Å². The fourth-order valence-corrected chi connectivity index (χ4v) is 3.50. The number of hydrogen-bond donors (Lipinski definition) is 1. The molecular formula is C28H25ClN2O4. The number of amides is 1. The van der Waals surface area contributed by atoms with Crippen LogP contribution in [0.15, 0.2) is 72.3 Å². The van der Waals surface area contributed by atoms with Crippen molar-refractivity contribution < 1.29 is 19.1 Å². The number of methoxy groups -OCH3 is 1. The van der Waals surface area contributed by atoms with Gasteiger partial charge in [0.25, 0.3) is 5.91 Å². The van der Waals surface area contributed by atoms with Gasteiger partial charge in [-0.15, -0.1) is 0 Å². The molecule has 0 heterocycles. The molecular weight excluding hydrogens is 464 g/mol. The average molecular weight is 489 g/mol. The van der Waals surface area contributed by atoms with E-state index in [1.54, 1.807) is 36.4 Å². The number of hydrogen-bond acceptors (Lipinski definition) is 5. The second-order valence-electron chi connectivity index (χ2n) is 7.70. The summed E-state index contributed by atoms with van der Waals surface area (Å²) in [4.78, 5) is 25.1. The number of esters is 1. The van der Waals surface area contributed by atoms with Crippen LogP contribution in [0.2, 0.25) is 5.02 Å². The lowest BCUT2D eigenvalue weighted by molar-refractivity contribution is -0.112. The number of nitriles is 1. The van der Waals surface area contributed by atoms with Gasteiger partial charge in [-0.05, 0) is 66.4 Å². The number of carbonyl (C=O) groups excluding carboxylic acids is 2. The van der Waals surface area contributed by atoms with Gasteiger partial charge in [-0.1, -0.05) is 55.3 Å². The van der Waals surface area contributed by atoms with E-state index in [1.165, 1.54) is 24.8 Å². The lowest BCUT2D eigenvalue weighted by Gasteiger charge is -2.11. The molecule has 0 saturated carbocycles. The molecule has 35 heavy (non-hydrogen) atoms. The minimum atomic E-state index is -0.630. The van der Waals surface area contributed by atoms with Gasteiger partial charge in [0, 0.05) is 5.69 Å². The molecule has 7 heteroatoms. The second-order valence-corrected chi connectivity index (χ2v) is 8.11. The molecule has 0 spiro atoms. The first kappa shape index (κ1) is 25.5. The van der Waals surface area contributed by atoms with Crippen molar-refractivity contribution in [2.75, 3.05) is 12.4 Å². The molecule has 0 atom stereocenters. The summed E-state index contributed by atoms with van der Waals surface area (Å²) in [6, 6.07) is 20.8. The maximum absolute atomic E-state index is 12.6. The smallest absolute Gasteiger partial charge is 0.345 e. The molecule has 0 fully saturated rings. The van der Waals surface area contributed by atoms with E-state index in [9.17, 15) is 14.9 Å². The topological polar surface area (TPSA) is 88.4 Å². The first-order valence-electron chi connectivity index (χ1n) is 11.1. The summed E-state index contributed by atoms with van der Waals surface area (Å²) in [6.45, 7) is 2.14. The molecule has 0 aliphatic heterocycles. The van der Waals surface area contributed by atoms with E-state index < -0.39 is 11.9 Å². The van der Waals surface area contributed by atoms with E-state index in [0.29, 0.717) is 11.3 Å². The van der Waals surface area contributed by atoms with E-state index in [0.717, 1.165) is 19.3 Å². The first-order chi connectivity index (χ1) is 16.9. The van der Waals surface area contributed by atoms with Crippen LogP contribution in [-0.2, 0) is 11.2 Å². The highest BCUT2D eigenvalue weighted by atomic mass is 35.5. The number of aryl methyl sites for hydroxylation is 1. The van der Waals surface area contributed by atoms with Crippen LogP contribution < -0.4 is 14.8 Å². The van der Waals surface area contributed by atoms with Crippen molar-refractivity contribution in [1.29, 1.82) is 5.26 Å². The van der Waals surface area contributed by atoms with Crippen molar-refractivity contribution in [3.63, 3.8) is 0 Å². The van der Waals surface area contributed by atoms with Crippen LogP contribution in [0, 0.1) is 11.3 Å². The van der Waals surface area contributed by atoms with Gasteiger partial charge in [0.15, 0.2) is 11.5 Å². The lowest BCUT2D eigenvalue weighted by Crippen LogP contribution is -2.13. The third-order valence-corrected chi connectivity index (χ3v) is 5.52. The number of anilines is 1. The fourth-order valence-electron chi connectivity index (χ4n) is 3.29. The standard InChI is InChI=1S/C28H25ClN2O4/c1-3-4-7-19-10-13-22(14-11-19)31-27(32)21(18-30)16-20-12-15-25(26(17-20)34-2)35-28(33)23-8-5-6-9-24(23)29/h5-6,8-17H,3-4,7H2,1-2H3,(H,31,32)/b21-16+. The van der Waals surface area contributed by atoms with Crippen LogP contribution in [0.25, 0.3) is 6.08 Å². The Morgan fingerprint density at radius 1 is 1.06 bits per heavy atom. The Morgan fingerprint density at radius 2 is 1.80 bits per heavy atom. The van der Waals surface area contributed by atoms with E-state index in [2.05, 4.69) is 12.2 Å². The SMILES string of the molecule is CCCCc1ccc(NC(=O)/C(C#N)=C/c2ccc(OC(=O)c3ccccc3Cl)c(OC)c2)cc1. The highest BCUT2D eigenvalue weighted by Crippen LogP contribution is 2.30. The van der Waals surface area contributed by atoms with Crippen LogP contribution >= 0.6 is 11.6 Å². The van der Waals surface area contributed by atoms with Crippen molar-refractivity contribution in [2.24, 2.45) is 0 Å². The van der Waals surface area contributed by atoms with Gasteiger partial charge in [0.2, 0.25) is 0 Å². The molecule has 1 N–H and O–H groups in total. The lowest BCUT2D eigenvalue weighted by atomic mass is 10.1. The summed E-state index contributed by atoms with van der Waals surface area (Å²) >= 11 is 6.06. The Bertz CT molecular complexity index is 1280. The van der Waals surface area contributed by atoms with E-state index >= 15 is 0 Å². The number of ether oxygens (including phenoxy) is 2. The van der Waals surface area contributed by atoms with Gasteiger partial charge in [-0.3, -0.25) is 4.79 Å². The van der Waals surface area contributed by atoms with Crippen LogP contribution in [0.3, 0.4) is 0 Å². The quantitative estimate of drug-likeness (QED) is 0.162. The van der Waals surface area contributed by atoms with Gasteiger partial charge in [0.05, 0.1) is 17.7 Å². The third kappa shape index (κ3) is 6.95. The minimum Gasteiger partial charge on any atom is -0.493 e. The number of halogens is 1. The predicted molar refractivity (Wildman–Crippen MR) is 137 cm³/mol. The molecule has 0 bridgehead atoms. The Morgan fingerprint density at radius 3 is 2.46 bits per heavy atom. The molecule has 6 nitrogen and oxygen atoms in total. The molecule has 0 radical (unpaired) electrons. The molecule has 178 valence electrons. The zero-order valence-electron chi connectivity index (χ0n) is 19.5. The summed E-state index contributed by atoms with van der Waals surface area (Å²) in [5, 5.41) is 12.6. The molecule has 3 rings (SSSR count). The van der Waals surface area contributed by atoms with Crippen molar-refractivity contribution in [3.8, 4) is 17.6 Å². The Kier molecular flexibility index (Phi) is 9.05. The zero-order chi connectivity index (χ0) is 25.2. The number of carbonyl (C=O) groups is 2. The van der Waals surface area contributed by atoms with E-state index in [4.69, 9.17) is 21.1 Å². The Balaban J connectivity index is 1.74. The van der Waals surface area contributed by atoms with Gasteiger partial charge >= 0.3 is 5.97 Å². The molecule has 3 aromatic rings. The maximum Gasteiger partial charge on any atom is 0.345 e. The van der Waals surface area contributed by atoms with E-state index in [-0.39, 0.29) is 27.7 Å². The molecule has 0 saturated heterocycles. The Labute approximate surface area is 209 Å². The predicted octanol–water partition coefficient (Wildman–Crippen LogP) is 6.46. The molecule has 1 amide bonds. The molecule has 0 unspecified atom stereocenters. The van der Waals surface area contributed by atoms with Gasteiger partial charge in [-0.2, -0.15) is 5.26 Å². The number of rotatable bonds is 9. The highest BCUT2D eigenvalue weighted by molar-refractivity contribution is 6.33. The molecule has 3 aromatic carbocycles. The summed E-state index contributed by atoms with van der Waals surface area (Å²) in [5.41, 5.74) is 2.48. The van der Waals surface area contributed by atoms with E-state index in [1.807, 2.05) is 30.3 Å². The Hall–Kier alpha value is -4.08. The molecule has 0 aliphatic carbocycles. The van der Waals surface area contributed by atoms with Gasteiger partial charge in [0.1, 0.15) is 11.6 Å². The first-order valence-corrected chi connectivity index (χ1v) is 11.5. The summed E-state index contributed by atoms with van der Waals surface area (Å²) < 4.78 is 10.8. The largest absolute Gasteiger partial charge is 0.493 e. The number of nitrogens with zero attached hydrogens (tertiary/aromatic N) is 1. The third-order valence-electron chi connectivity index (χ3n) is 5.19. The maximum atomic E-state index is 12.6. The number of benzene rings is 3. The highest BCUT2D eigenvalue weighted by Gasteiger charge is 2.16. The van der Waals surface area contributed by atoms with Crippen LogP contribution in [0.5, 0.6) is 11.5 Å². The van der Waals surface area contributed by atoms with Gasteiger partial charge < -0.3 is 14.8 Å². The second kappa shape index (κ2) is 12.4. The average Bonchev–Trinajstić information content (AvgIpc) is 2.87. The normalized spacial score (nSPS) is 10.9. The summed E-state index contributed by atoms with van der Waals surface area (Å²) in [5.74, 6) is -0.711. The van der Waals surface area contributed by atoms with Gasteiger partial charge in [-0.25, -0.2) is 4.79 Å². The van der Waals surface area contributed by atoms with Crippen molar-refractivity contribution >= 4 is 35.2 Å². The number of nitrogens with one attached hydrogen (secondary N) is 1. The zero-order valence-corrected chi connectivity index (χ0v) is 20.3. The summed E-state index contributed by atoms with van der Waals surface area (Å²) in [6.07, 6.45) is 4.64. The minimum absolute atomic E-state index is 0.0806. The molecule has 0 aromatic heterocycles. The van der Waals surface area contributed by atoms with Crippen molar-refractivity contribution in [2.45, 2.75) is 26.2 Å². The van der Waals surface area contributed by atoms with Crippen molar-refractivity contribution in [1.82, 2.24) is 0 Å². The monoisotopic (exact) mass is 488 g/mol. The van der Waals surface area contributed by atoms with Crippen LogP contribution in [0.4, 0.5) is 5.69 Å². The number of unbranched alkanes of at least 4 members (excludes halogenated alkanes) is 1. The van der Waals surface area contributed by atoms with Crippen LogP contribution in [-0.4, -0.2) is 19.0 Å². The summed E-state index contributed by atoms with van der Waals surface area (Å²) in [7, 11) is 1.43. The van der Waals surface area contributed by atoms with Crippen molar-refractivity contribution in [3.05, 3.63) is 94.0 Å². The fraction of sp³-hybridized carbons (Fsp3) is 0.179. The molecule has 0 aliphatic rings.